The van der Waals surface area contributed by atoms with Crippen molar-refractivity contribution < 1.29 is 9.59 Å². The van der Waals surface area contributed by atoms with Crippen LogP contribution in [0.4, 0.5) is 10.5 Å². The number of rotatable bonds is 6. The summed E-state index contributed by atoms with van der Waals surface area (Å²) in [7, 11) is 3.51. The predicted octanol–water partition coefficient (Wildman–Crippen LogP) is 2.61. The molecule has 3 rings (SSSR count). The number of anilines is 1. The summed E-state index contributed by atoms with van der Waals surface area (Å²) in [6.45, 7) is 3.02. The van der Waals surface area contributed by atoms with Crippen LogP contribution in [-0.4, -0.2) is 78.4 Å². The van der Waals surface area contributed by atoms with Gasteiger partial charge < -0.3 is 15.1 Å². The third-order valence-electron chi connectivity index (χ3n) is 4.63. The minimum atomic E-state index is -0.0353. The minimum absolute atomic E-state index is 0.0227. The number of urea groups is 1. The molecule has 0 aliphatic carbocycles. The maximum atomic E-state index is 12.4. The highest BCUT2D eigenvalue weighted by Gasteiger charge is 2.23. The van der Waals surface area contributed by atoms with Crippen LogP contribution in [-0.2, 0) is 10.5 Å². The molecule has 154 valence electrons. The first-order chi connectivity index (χ1) is 14.0. The molecule has 1 aromatic heterocycles. The summed E-state index contributed by atoms with van der Waals surface area (Å²) in [6.07, 6.45) is 1.79. The number of amides is 3. The van der Waals surface area contributed by atoms with Crippen molar-refractivity contribution in [2.75, 3.05) is 52.1 Å². The van der Waals surface area contributed by atoms with Gasteiger partial charge in [0, 0.05) is 57.9 Å². The van der Waals surface area contributed by atoms with E-state index in [0.717, 1.165) is 22.0 Å². The zero-order valence-corrected chi connectivity index (χ0v) is 17.7. The molecule has 7 nitrogen and oxygen atoms in total. The molecule has 1 aliphatic rings. The van der Waals surface area contributed by atoms with Crippen LogP contribution in [0.15, 0.2) is 53.7 Å². The molecular weight excluding hydrogens is 386 g/mol. The highest BCUT2D eigenvalue weighted by atomic mass is 32.2. The maximum Gasteiger partial charge on any atom is 0.319 e. The first-order valence-corrected chi connectivity index (χ1v) is 10.6. The third kappa shape index (κ3) is 6.47. The molecule has 1 saturated heterocycles. The monoisotopic (exact) mass is 413 g/mol. The smallest absolute Gasteiger partial charge is 0.319 e. The fraction of sp³-hybridized carbons (Fsp3) is 0.381. The Balaban J connectivity index is 1.45. The summed E-state index contributed by atoms with van der Waals surface area (Å²) in [5.41, 5.74) is 1.94. The Bertz CT molecular complexity index is 823. The molecule has 29 heavy (non-hydrogen) atoms. The number of carbonyl (C=O) groups excluding carboxylic acids is 2. The summed E-state index contributed by atoms with van der Waals surface area (Å²) in [5, 5.41) is 3.97. The van der Waals surface area contributed by atoms with Crippen molar-refractivity contribution >= 4 is 29.4 Å². The van der Waals surface area contributed by atoms with Crippen LogP contribution in [0.1, 0.15) is 5.56 Å². The topological polar surface area (TPSA) is 68.8 Å². The van der Waals surface area contributed by atoms with Crippen molar-refractivity contribution in [3.8, 4) is 0 Å². The molecule has 1 aromatic carbocycles. The molecule has 2 heterocycles. The van der Waals surface area contributed by atoms with Crippen molar-refractivity contribution in [2.24, 2.45) is 0 Å². The summed E-state index contributed by atoms with van der Waals surface area (Å²) in [5.74, 6) is 0.759. The fourth-order valence-electron chi connectivity index (χ4n) is 3.11. The van der Waals surface area contributed by atoms with E-state index in [9.17, 15) is 9.59 Å². The standard InChI is InChI=1S/C21H27N5O2S/c1-24(2)21(28)26-12-10-25(11-13-26)15-19(27)23-18-7-5-6-17(14-18)16-29-20-8-3-4-9-22-20/h3-9,14H,10-13,15-16H2,1-2H3,(H,23,27). The van der Waals surface area contributed by atoms with Gasteiger partial charge in [-0.05, 0) is 29.8 Å². The molecule has 0 spiro atoms. The SMILES string of the molecule is CN(C)C(=O)N1CCN(CC(=O)Nc2cccc(CSc3ccccn3)c2)CC1. The largest absolute Gasteiger partial charge is 0.331 e. The van der Waals surface area contributed by atoms with E-state index >= 15 is 0 Å². The van der Waals surface area contributed by atoms with Crippen LogP contribution in [0.5, 0.6) is 0 Å². The van der Waals surface area contributed by atoms with E-state index in [1.807, 2.05) is 47.4 Å². The van der Waals surface area contributed by atoms with Crippen LogP contribution >= 0.6 is 11.8 Å². The number of thioether (sulfide) groups is 1. The number of benzene rings is 1. The minimum Gasteiger partial charge on any atom is -0.331 e. The Hall–Kier alpha value is -2.58. The quantitative estimate of drug-likeness (QED) is 0.738. The lowest BCUT2D eigenvalue weighted by molar-refractivity contribution is -0.117. The zero-order chi connectivity index (χ0) is 20.6. The van der Waals surface area contributed by atoms with Gasteiger partial charge in [0.2, 0.25) is 5.91 Å². The van der Waals surface area contributed by atoms with Gasteiger partial charge in [0.05, 0.1) is 11.6 Å². The fourth-order valence-corrected chi connectivity index (χ4v) is 3.92. The predicted molar refractivity (Wildman–Crippen MR) is 116 cm³/mol. The van der Waals surface area contributed by atoms with E-state index in [0.29, 0.717) is 32.7 Å². The lowest BCUT2D eigenvalue weighted by atomic mass is 10.2. The summed E-state index contributed by atoms with van der Waals surface area (Å²) in [6, 6.07) is 13.8. The Morgan fingerprint density at radius 3 is 2.59 bits per heavy atom. The molecule has 0 radical (unpaired) electrons. The summed E-state index contributed by atoms with van der Waals surface area (Å²) in [4.78, 5) is 34.2. The summed E-state index contributed by atoms with van der Waals surface area (Å²) < 4.78 is 0. The number of hydrogen-bond acceptors (Lipinski definition) is 5. The Morgan fingerprint density at radius 2 is 1.90 bits per heavy atom. The number of carbonyl (C=O) groups is 2. The number of nitrogens with one attached hydrogen (secondary N) is 1. The molecular formula is C21H27N5O2S. The van der Waals surface area contributed by atoms with Crippen molar-refractivity contribution in [3.05, 3.63) is 54.2 Å². The first-order valence-electron chi connectivity index (χ1n) is 9.62. The average molecular weight is 414 g/mol. The van der Waals surface area contributed by atoms with Gasteiger partial charge in [0.15, 0.2) is 0 Å². The average Bonchev–Trinajstić information content (AvgIpc) is 2.73. The molecule has 0 bridgehead atoms. The molecule has 0 atom stereocenters. The number of pyridine rings is 1. The number of piperazine rings is 1. The second kappa shape index (κ2) is 10.3. The van der Waals surface area contributed by atoms with Gasteiger partial charge in [-0.2, -0.15) is 0 Å². The Labute approximate surface area is 176 Å². The molecule has 8 heteroatoms. The van der Waals surface area contributed by atoms with Crippen molar-refractivity contribution in [3.63, 3.8) is 0 Å². The van der Waals surface area contributed by atoms with Gasteiger partial charge in [-0.15, -0.1) is 11.8 Å². The van der Waals surface area contributed by atoms with E-state index in [1.165, 1.54) is 0 Å². The zero-order valence-electron chi connectivity index (χ0n) is 16.9. The van der Waals surface area contributed by atoms with Crippen molar-refractivity contribution in [1.29, 1.82) is 0 Å². The Morgan fingerprint density at radius 1 is 1.10 bits per heavy atom. The van der Waals surface area contributed by atoms with E-state index < -0.39 is 0 Å². The van der Waals surface area contributed by atoms with Gasteiger partial charge >= 0.3 is 6.03 Å². The normalized spacial score (nSPS) is 14.5. The van der Waals surface area contributed by atoms with E-state index in [-0.39, 0.29) is 11.9 Å². The highest BCUT2D eigenvalue weighted by molar-refractivity contribution is 7.98. The van der Waals surface area contributed by atoms with Crippen LogP contribution in [0.3, 0.4) is 0 Å². The molecule has 1 aliphatic heterocycles. The second-order valence-electron chi connectivity index (χ2n) is 7.15. The second-order valence-corrected chi connectivity index (χ2v) is 8.14. The number of hydrogen-bond donors (Lipinski definition) is 1. The maximum absolute atomic E-state index is 12.4. The van der Waals surface area contributed by atoms with Crippen LogP contribution in [0.2, 0.25) is 0 Å². The molecule has 0 unspecified atom stereocenters. The molecule has 1 fully saturated rings. The van der Waals surface area contributed by atoms with E-state index in [4.69, 9.17) is 0 Å². The van der Waals surface area contributed by atoms with Crippen molar-refractivity contribution in [2.45, 2.75) is 10.8 Å². The molecule has 0 saturated carbocycles. The van der Waals surface area contributed by atoms with E-state index in [1.54, 1.807) is 37.0 Å². The van der Waals surface area contributed by atoms with Crippen LogP contribution in [0, 0.1) is 0 Å². The van der Waals surface area contributed by atoms with Gasteiger partial charge in [-0.1, -0.05) is 18.2 Å². The molecule has 3 amide bonds. The lowest BCUT2D eigenvalue weighted by Crippen LogP contribution is -2.52. The van der Waals surface area contributed by atoms with Gasteiger partial charge in [-0.3, -0.25) is 9.69 Å². The van der Waals surface area contributed by atoms with Gasteiger partial charge in [0.1, 0.15) is 0 Å². The van der Waals surface area contributed by atoms with Crippen molar-refractivity contribution in [1.82, 2.24) is 19.7 Å². The first kappa shape index (κ1) is 21.1. The van der Waals surface area contributed by atoms with Crippen LogP contribution < -0.4 is 5.32 Å². The summed E-state index contributed by atoms with van der Waals surface area (Å²) >= 11 is 1.67. The van der Waals surface area contributed by atoms with Crippen LogP contribution in [0.25, 0.3) is 0 Å². The van der Waals surface area contributed by atoms with Gasteiger partial charge in [0.25, 0.3) is 0 Å². The Kier molecular flexibility index (Phi) is 7.48. The lowest BCUT2D eigenvalue weighted by Gasteiger charge is -2.35. The van der Waals surface area contributed by atoms with Gasteiger partial charge in [-0.25, -0.2) is 9.78 Å². The van der Waals surface area contributed by atoms with E-state index in [2.05, 4.69) is 15.2 Å². The highest BCUT2D eigenvalue weighted by Crippen LogP contribution is 2.22. The molecule has 2 aromatic rings. The molecule has 1 N–H and O–H groups in total. The third-order valence-corrected chi connectivity index (χ3v) is 5.64. The number of aromatic nitrogens is 1. The number of nitrogens with zero attached hydrogens (tertiary/aromatic N) is 4.